The number of anilines is 1. The summed E-state index contributed by atoms with van der Waals surface area (Å²) in [5.41, 5.74) is 3.90. The fraction of sp³-hybridized carbons (Fsp3) is 0.312. The highest BCUT2D eigenvalue weighted by atomic mass is 15.1. The fourth-order valence-electron chi connectivity index (χ4n) is 2.82. The predicted octanol–water partition coefficient (Wildman–Crippen LogP) is 1.87. The Balaban J connectivity index is 1.68. The number of pyridine rings is 1. The standard InChI is InChI=1S/C16H18N6/c1-11-3-5-22-14(9-19-16(22)6-11)13-8-18-10-15(21-13)20-12-2-4-17-7-12/h3,5-6,8-10,12,17H,2,4,7H2,1H3,(H,20,21). The monoisotopic (exact) mass is 294 g/mol. The summed E-state index contributed by atoms with van der Waals surface area (Å²) in [7, 11) is 0. The minimum atomic E-state index is 0.425. The van der Waals surface area contributed by atoms with E-state index in [1.165, 1.54) is 5.56 Å². The van der Waals surface area contributed by atoms with E-state index in [0.717, 1.165) is 42.4 Å². The topological polar surface area (TPSA) is 67.1 Å². The van der Waals surface area contributed by atoms with Crippen molar-refractivity contribution in [3.05, 3.63) is 42.5 Å². The molecule has 1 fully saturated rings. The lowest BCUT2D eigenvalue weighted by Gasteiger charge is -2.12. The minimum absolute atomic E-state index is 0.425. The molecule has 112 valence electrons. The van der Waals surface area contributed by atoms with Crippen LogP contribution in [0.3, 0.4) is 0 Å². The van der Waals surface area contributed by atoms with Crippen molar-refractivity contribution in [2.75, 3.05) is 18.4 Å². The molecule has 0 aromatic carbocycles. The SMILES string of the molecule is Cc1ccn2c(-c3cncc(NC4CCNC4)n3)cnc2c1. The van der Waals surface area contributed by atoms with Gasteiger partial charge in [-0.25, -0.2) is 9.97 Å². The molecule has 1 saturated heterocycles. The maximum Gasteiger partial charge on any atom is 0.145 e. The maximum atomic E-state index is 4.69. The molecule has 0 radical (unpaired) electrons. The van der Waals surface area contributed by atoms with E-state index in [-0.39, 0.29) is 0 Å². The number of aryl methyl sites for hydroxylation is 1. The lowest BCUT2D eigenvalue weighted by Crippen LogP contribution is -2.22. The average molecular weight is 294 g/mol. The van der Waals surface area contributed by atoms with Crippen molar-refractivity contribution in [1.82, 2.24) is 24.7 Å². The van der Waals surface area contributed by atoms with Crippen LogP contribution in [0.1, 0.15) is 12.0 Å². The highest BCUT2D eigenvalue weighted by molar-refractivity contribution is 5.61. The van der Waals surface area contributed by atoms with Crippen LogP contribution < -0.4 is 10.6 Å². The Hall–Kier alpha value is -2.47. The van der Waals surface area contributed by atoms with Crippen LogP contribution in [-0.4, -0.2) is 38.5 Å². The van der Waals surface area contributed by atoms with Crippen LogP contribution in [0.25, 0.3) is 17.0 Å². The Morgan fingerprint density at radius 1 is 1.32 bits per heavy atom. The van der Waals surface area contributed by atoms with E-state index in [1.807, 2.05) is 16.8 Å². The van der Waals surface area contributed by atoms with Crippen molar-refractivity contribution in [2.45, 2.75) is 19.4 Å². The molecule has 6 heteroatoms. The molecule has 2 N–H and O–H groups in total. The molecular formula is C16H18N6. The molecule has 0 amide bonds. The van der Waals surface area contributed by atoms with E-state index in [2.05, 4.69) is 44.6 Å². The number of hydrogen-bond acceptors (Lipinski definition) is 5. The zero-order valence-electron chi connectivity index (χ0n) is 12.5. The van der Waals surface area contributed by atoms with E-state index >= 15 is 0 Å². The largest absolute Gasteiger partial charge is 0.365 e. The zero-order chi connectivity index (χ0) is 14.9. The number of nitrogens with one attached hydrogen (secondary N) is 2. The van der Waals surface area contributed by atoms with Gasteiger partial charge in [0.05, 0.1) is 24.3 Å². The molecule has 3 aromatic rings. The Labute approximate surface area is 128 Å². The molecule has 1 aliphatic heterocycles. The molecule has 0 saturated carbocycles. The lowest BCUT2D eigenvalue weighted by atomic mass is 10.2. The second-order valence-corrected chi connectivity index (χ2v) is 5.70. The summed E-state index contributed by atoms with van der Waals surface area (Å²) in [5.74, 6) is 0.813. The highest BCUT2D eigenvalue weighted by Crippen LogP contribution is 2.20. The highest BCUT2D eigenvalue weighted by Gasteiger charge is 2.15. The van der Waals surface area contributed by atoms with Gasteiger partial charge in [0, 0.05) is 18.8 Å². The fourth-order valence-corrected chi connectivity index (χ4v) is 2.82. The third-order valence-corrected chi connectivity index (χ3v) is 3.98. The summed E-state index contributed by atoms with van der Waals surface area (Å²) >= 11 is 0. The van der Waals surface area contributed by atoms with Gasteiger partial charge in [0.1, 0.15) is 17.2 Å². The maximum absolute atomic E-state index is 4.69. The average Bonchev–Trinajstić information content (AvgIpc) is 3.16. The molecule has 4 heterocycles. The van der Waals surface area contributed by atoms with E-state index in [1.54, 1.807) is 12.4 Å². The van der Waals surface area contributed by atoms with Gasteiger partial charge in [-0.05, 0) is 37.6 Å². The first-order chi connectivity index (χ1) is 10.8. The number of nitrogens with zero attached hydrogens (tertiary/aromatic N) is 4. The van der Waals surface area contributed by atoms with Crippen LogP contribution in [0.5, 0.6) is 0 Å². The van der Waals surface area contributed by atoms with Crippen molar-refractivity contribution in [1.29, 1.82) is 0 Å². The number of rotatable bonds is 3. The summed E-state index contributed by atoms with van der Waals surface area (Å²) in [5, 5.41) is 6.77. The zero-order valence-corrected chi connectivity index (χ0v) is 12.5. The molecule has 3 aromatic heterocycles. The third-order valence-electron chi connectivity index (χ3n) is 3.98. The number of imidazole rings is 1. The molecule has 0 bridgehead atoms. The Kier molecular flexibility index (Phi) is 3.23. The predicted molar refractivity (Wildman–Crippen MR) is 85.9 cm³/mol. The summed E-state index contributed by atoms with van der Waals surface area (Å²) in [6.07, 6.45) is 8.53. The van der Waals surface area contributed by atoms with Crippen molar-refractivity contribution in [2.24, 2.45) is 0 Å². The van der Waals surface area contributed by atoms with Crippen molar-refractivity contribution < 1.29 is 0 Å². The molecule has 0 spiro atoms. The molecule has 0 aliphatic carbocycles. The second kappa shape index (κ2) is 5.38. The third kappa shape index (κ3) is 2.42. The van der Waals surface area contributed by atoms with E-state index in [9.17, 15) is 0 Å². The molecule has 1 atom stereocenters. The van der Waals surface area contributed by atoms with E-state index in [0.29, 0.717) is 6.04 Å². The van der Waals surface area contributed by atoms with Crippen molar-refractivity contribution in [3.63, 3.8) is 0 Å². The van der Waals surface area contributed by atoms with Gasteiger partial charge in [-0.3, -0.25) is 9.38 Å². The van der Waals surface area contributed by atoms with E-state index in [4.69, 9.17) is 0 Å². The Morgan fingerprint density at radius 2 is 2.27 bits per heavy atom. The normalized spacial score (nSPS) is 18.0. The molecular weight excluding hydrogens is 276 g/mol. The smallest absolute Gasteiger partial charge is 0.145 e. The van der Waals surface area contributed by atoms with Gasteiger partial charge in [0.15, 0.2) is 0 Å². The van der Waals surface area contributed by atoms with Crippen LogP contribution in [0, 0.1) is 6.92 Å². The van der Waals surface area contributed by atoms with Crippen LogP contribution in [0.2, 0.25) is 0 Å². The van der Waals surface area contributed by atoms with Crippen molar-refractivity contribution in [3.8, 4) is 11.4 Å². The van der Waals surface area contributed by atoms with E-state index < -0.39 is 0 Å². The first kappa shape index (κ1) is 13.2. The number of hydrogen-bond donors (Lipinski definition) is 2. The summed E-state index contributed by atoms with van der Waals surface area (Å²) in [4.78, 5) is 13.5. The molecule has 1 aliphatic rings. The lowest BCUT2D eigenvalue weighted by molar-refractivity contribution is 0.786. The summed E-state index contributed by atoms with van der Waals surface area (Å²) in [6, 6.07) is 4.55. The van der Waals surface area contributed by atoms with Gasteiger partial charge in [0.2, 0.25) is 0 Å². The first-order valence-corrected chi connectivity index (χ1v) is 7.53. The van der Waals surface area contributed by atoms with Gasteiger partial charge in [-0.1, -0.05) is 0 Å². The molecule has 6 nitrogen and oxygen atoms in total. The van der Waals surface area contributed by atoms with Gasteiger partial charge in [-0.2, -0.15) is 0 Å². The second-order valence-electron chi connectivity index (χ2n) is 5.70. The first-order valence-electron chi connectivity index (χ1n) is 7.53. The van der Waals surface area contributed by atoms with Gasteiger partial charge < -0.3 is 10.6 Å². The number of aromatic nitrogens is 4. The molecule has 4 rings (SSSR count). The Morgan fingerprint density at radius 3 is 3.14 bits per heavy atom. The van der Waals surface area contributed by atoms with Gasteiger partial charge in [-0.15, -0.1) is 0 Å². The Bertz CT molecular complexity index is 803. The van der Waals surface area contributed by atoms with Crippen LogP contribution in [0.4, 0.5) is 5.82 Å². The molecule has 22 heavy (non-hydrogen) atoms. The minimum Gasteiger partial charge on any atom is -0.365 e. The van der Waals surface area contributed by atoms with Gasteiger partial charge in [0.25, 0.3) is 0 Å². The quantitative estimate of drug-likeness (QED) is 0.772. The van der Waals surface area contributed by atoms with Crippen LogP contribution >= 0.6 is 0 Å². The van der Waals surface area contributed by atoms with Crippen LogP contribution in [0.15, 0.2) is 36.9 Å². The van der Waals surface area contributed by atoms with Crippen molar-refractivity contribution >= 4 is 11.5 Å². The van der Waals surface area contributed by atoms with Gasteiger partial charge >= 0.3 is 0 Å². The summed E-state index contributed by atoms with van der Waals surface area (Å²) in [6.45, 7) is 4.09. The molecule has 1 unspecified atom stereocenters. The number of fused-ring (bicyclic) bond motifs is 1. The summed E-state index contributed by atoms with van der Waals surface area (Å²) < 4.78 is 2.04. The van der Waals surface area contributed by atoms with Crippen LogP contribution in [-0.2, 0) is 0 Å².